The third kappa shape index (κ3) is 4.97. The molecule has 0 atom stereocenters. The number of esters is 1. The molecule has 0 bridgehead atoms. The topological polar surface area (TPSA) is 73.9 Å². The molecule has 27 heavy (non-hydrogen) atoms. The molecular formula is C20H20FNO5. The Bertz CT molecular complexity index is 848. The minimum atomic E-state index is -0.681. The van der Waals surface area contributed by atoms with Gasteiger partial charge in [0.2, 0.25) is 0 Å². The summed E-state index contributed by atoms with van der Waals surface area (Å²) in [6.07, 6.45) is 0.757. The molecule has 3 rings (SSSR count). The van der Waals surface area contributed by atoms with Gasteiger partial charge in [0.1, 0.15) is 11.4 Å². The van der Waals surface area contributed by atoms with Gasteiger partial charge in [0.05, 0.1) is 0 Å². The van der Waals surface area contributed by atoms with Gasteiger partial charge in [0.15, 0.2) is 24.7 Å². The molecule has 1 N–H and O–H groups in total. The van der Waals surface area contributed by atoms with E-state index in [0.717, 1.165) is 12.0 Å². The van der Waals surface area contributed by atoms with E-state index >= 15 is 0 Å². The number of ether oxygens (including phenoxy) is 3. The summed E-state index contributed by atoms with van der Waals surface area (Å²) in [5.74, 6) is -0.522. The summed E-state index contributed by atoms with van der Waals surface area (Å²) in [5.41, 5.74) is 1.11. The van der Waals surface area contributed by atoms with Crippen molar-refractivity contribution in [2.24, 2.45) is 0 Å². The van der Waals surface area contributed by atoms with Crippen LogP contribution in [0, 0.1) is 5.82 Å². The van der Waals surface area contributed by atoms with Crippen LogP contribution in [0.3, 0.4) is 0 Å². The maximum Gasteiger partial charge on any atom is 0.344 e. The van der Waals surface area contributed by atoms with E-state index in [1.54, 1.807) is 6.07 Å². The number of benzene rings is 2. The molecule has 2 aromatic rings. The van der Waals surface area contributed by atoms with E-state index in [0.29, 0.717) is 17.2 Å². The first kappa shape index (κ1) is 18.7. The van der Waals surface area contributed by atoms with Crippen LogP contribution in [0.1, 0.15) is 19.4 Å². The maximum absolute atomic E-state index is 12.8. The Hall–Kier alpha value is -3.09. The van der Waals surface area contributed by atoms with Crippen LogP contribution in [0.5, 0.6) is 11.5 Å². The van der Waals surface area contributed by atoms with Crippen molar-refractivity contribution < 1.29 is 28.2 Å². The fourth-order valence-corrected chi connectivity index (χ4v) is 2.76. The predicted octanol–water partition coefficient (Wildman–Crippen LogP) is 3.10. The van der Waals surface area contributed by atoms with E-state index in [1.165, 1.54) is 24.3 Å². The Morgan fingerprint density at radius 2 is 1.89 bits per heavy atom. The molecule has 0 saturated heterocycles. The minimum Gasteiger partial charge on any atom is -0.483 e. The van der Waals surface area contributed by atoms with Gasteiger partial charge >= 0.3 is 5.97 Å². The maximum atomic E-state index is 12.8. The van der Waals surface area contributed by atoms with Crippen molar-refractivity contribution >= 4 is 17.6 Å². The number of para-hydroxylation sites is 1. The highest BCUT2D eigenvalue weighted by atomic mass is 19.1. The first-order valence-electron chi connectivity index (χ1n) is 8.47. The number of rotatable bonds is 6. The molecule has 0 radical (unpaired) electrons. The number of nitrogens with one attached hydrogen (secondary N) is 1. The van der Waals surface area contributed by atoms with E-state index in [-0.39, 0.29) is 12.2 Å². The Morgan fingerprint density at radius 3 is 2.63 bits per heavy atom. The van der Waals surface area contributed by atoms with Crippen LogP contribution in [-0.2, 0) is 20.7 Å². The molecule has 0 spiro atoms. The second-order valence-electron chi connectivity index (χ2n) is 6.79. The van der Waals surface area contributed by atoms with Gasteiger partial charge in [-0.3, -0.25) is 4.79 Å². The molecule has 1 aliphatic heterocycles. The van der Waals surface area contributed by atoms with Crippen molar-refractivity contribution in [3.05, 3.63) is 53.8 Å². The fraction of sp³-hybridized carbons (Fsp3) is 0.300. The normalized spacial score (nSPS) is 14.0. The van der Waals surface area contributed by atoms with Gasteiger partial charge in [0, 0.05) is 17.7 Å². The predicted molar refractivity (Wildman–Crippen MR) is 96.3 cm³/mol. The number of fused-ring (bicyclic) bond motifs is 1. The summed E-state index contributed by atoms with van der Waals surface area (Å²) in [5, 5.41) is 2.50. The lowest BCUT2D eigenvalue weighted by Gasteiger charge is -2.18. The Morgan fingerprint density at radius 1 is 1.15 bits per heavy atom. The zero-order chi connectivity index (χ0) is 19.4. The number of carbonyl (C=O) groups excluding carboxylic acids is 2. The lowest BCUT2D eigenvalue weighted by molar-refractivity contribution is -0.149. The number of carbonyl (C=O) groups is 2. The molecule has 1 amide bonds. The highest BCUT2D eigenvalue weighted by Crippen LogP contribution is 2.41. The molecule has 0 saturated carbocycles. The van der Waals surface area contributed by atoms with Gasteiger partial charge in [-0.15, -0.1) is 0 Å². The highest BCUT2D eigenvalue weighted by molar-refractivity contribution is 5.92. The fourth-order valence-electron chi connectivity index (χ4n) is 2.76. The standard InChI is InChI=1S/C20H20FNO5/c1-20(2)10-13-4-3-5-16(19(13)27-20)25-12-18(24)26-11-17(23)22-15-8-6-14(21)7-9-15/h3-9H,10-12H2,1-2H3,(H,22,23). The van der Waals surface area contributed by atoms with Crippen LogP contribution in [0.4, 0.5) is 10.1 Å². The summed E-state index contributed by atoms with van der Waals surface area (Å²) in [4.78, 5) is 23.6. The Labute approximate surface area is 156 Å². The van der Waals surface area contributed by atoms with Crippen LogP contribution in [0.2, 0.25) is 0 Å². The summed E-state index contributed by atoms with van der Waals surface area (Å²) >= 11 is 0. The van der Waals surface area contributed by atoms with Crippen LogP contribution in [0.25, 0.3) is 0 Å². The van der Waals surface area contributed by atoms with Crippen LogP contribution >= 0.6 is 0 Å². The molecule has 1 heterocycles. The molecular weight excluding hydrogens is 353 g/mol. The monoisotopic (exact) mass is 373 g/mol. The molecule has 7 heteroatoms. The van der Waals surface area contributed by atoms with Crippen LogP contribution < -0.4 is 14.8 Å². The quantitative estimate of drug-likeness (QED) is 0.788. The van der Waals surface area contributed by atoms with Crippen molar-refractivity contribution in [1.82, 2.24) is 0 Å². The number of halogens is 1. The first-order valence-corrected chi connectivity index (χ1v) is 8.47. The van der Waals surface area contributed by atoms with Gasteiger partial charge in [-0.05, 0) is 44.2 Å². The zero-order valence-corrected chi connectivity index (χ0v) is 15.1. The second kappa shape index (κ2) is 7.65. The third-order valence-corrected chi connectivity index (χ3v) is 3.89. The number of hydrogen-bond donors (Lipinski definition) is 1. The lowest BCUT2D eigenvalue weighted by atomic mass is 10.0. The molecule has 142 valence electrons. The van der Waals surface area contributed by atoms with E-state index in [9.17, 15) is 14.0 Å². The van der Waals surface area contributed by atoms with Gasteiger partial charge in [-0.25, -0.2) is 9.18 Å². The summed E-state index contributed by atoms with van der Waals surface area (Å²) in [6, 6.07) is 10.8. The van der Waals surface area contributed by atoms with Crippen molar-refractivity contribution in [2.45, 2.75) is 25.9 Å². The van der Waals surface area contributed by atoms with Crippen molar-refractivity contribution in [2.75, 3.05) is 18.5 Å². The van der Waals surface area contributed by atoms with E-state index in [2.05, 4.69) is 5.32 Å². The SMILES string of the molecule is CC1(C)Cc2cccc(OCC(=O)OCC(=O)Nc3ccc(F)cc3)c2O1. The van der Waals surface area contributed by atoms with Crippen LogP contribution in [0.15, 0.2) is 42.5 Å². The van der Waals surface area contributed by atoms with E-state index < -0.39 is 24.3 Å². The molecule has 0 aromatic heterocycles. The van der Waals surface area contributed by atoms with Crippen molar-refractivity contribution in [1.29, 1.82) is 0 Å². The smallest absolute Gasteiger partial charge is 0.344 e. The molecule has 6 nitrogen and oxygen atoms in total. The summed E-state index contributed by atoms with van der Waals surface area (Å²) in [7, 11) is 0. The highest BCUT2D eigenvalue weighted by Gasteiger charge is 2.32. The molecule has 0 unspecified atom stereocenters. The largest absolute Gasteiger partial charge is 0.483 e. The van der Waals surface area contributed by atoms with Gasteiger partial charge < -0.3 is 19.5 Å². The Balaban J connectivity index is 1.46. The average Bonchev–Trinajstić information content (AvgIpc) is 2.94. The van der Waals surface area contributed by atoms with Crippen LogP contribution in [-0.4, -0.2) is 30.7 Å². The molecule has 0 aliphatic carbocycles. The third-order valence-electron chi connectivity index (χ3n) is 3.89. The van der Waals surface area contributed by atoms with Gasteiger partial charge in [-0.1, -0.05) is 12.1 Å². The van der Waals surface area contributed by atoms with Gasteiger partial charge in [0.25, 0.3) is 5.91 Å². The van der Waals surface area contributed by atoms with Crippen molar-refractivity contribution in [3.63, 3.8) is 0 Å². The molecule has 0 fully saturated rings. The van der Waals surface area contributed by atoms with Crippen molar-refractivity contribution in [3.8, 4) is 11.5 Å². The van der Waals surface area contributed by atoms with E-state index in [4.69, 9.17) is 14.2 Å². The molecule has 1 aliphatic rings. The number of amides is 1. The number of hydrogen-bond acceptors (Lipinski definition) is 5. The summed E-state index contributed by atoms with van der Waals surface area (Å²) in [6.45, 7) is 3.15. The molecule has 2 aromatic carbocycles. The van der Waals surface area contributed by atoms with Gasteiger partial charge in [-0.2, -0.15) is 0 Å². The van der Waals surface area contributed by atoms with E-state index in [1.807, 2.05) is 26.0 Å². The first-order chi connectivity index (χ1) is 12.8. The Kier molecular flexibility index (Phi) is 5.30. The minimum absolute atomic E-state index is 0.319. The lowest BCUT2D eigenvalue weighted by Crippen LogP contribution is -2.25. The number of anilines is 1. The summed E-state index contributed by atoms with van der Waals surface area (Å²) < 4.78 is 29.1. The average molecular weight is 373 g/mol. The zero-order valence-electron chi connectivity index (χ0n) is 15.1. The second-order valence-corrected chi connectivity index (χ2v) is 6.79.